The van der Waals surface area contributed by atoms with Crippen LogP contribution in [-0.2, 0) is 4.79 Å². The van der Waals surface area contributed by atoms with Crippen LogP contribution in [0.25, 0.3) is 0 Å². The molecule has 7 heteroatoms. The number of nitrogens with one attached hydrogen (secondary N) is 1. The van der Waals surface area contributed by atoms with Crippen LogP contribution in [0.5, 0.6) is 5.75 Å². The Balaban J connectivity index is 1.79. The number of nitrogens with zero attached hydrogens (tertiary/aromatic N) is 1. The third kappa shape index (κ3) is 4.25. The van der Waals surface area contributed by atoms with Crippen molar-refractivity contribution in [1.29, 1.82) is 0 Å². The van der Waals surface area contributed by atoms with Gasteiger partial charge in [0, 0.05) is 22.7 Å². The predicted octanol–water partition coefficient (Wildman–Crippen LogP) is 5.99. The minimum Gasteiger partial charge on any atom is -0.495 e. The van der Waals surface area contributed by atoms with Crippen molar-refractivity contribution in [3.05, 3.63) is 81.0 Å². The standard InChI is InChI=1S/C25H25ClN2O3S/c1-15(2)14-28-23(21-9-6-12-32-21)22(17-7-4-5-8-18(17)25(28)30)24(29)27-16-10-11-20(31-3)19(26)13-16/h4-13,15,22-23H,14H2,1-3H3,(H,27,29)/t22-,23+/m1/s1. The fourth-order valence-electron chi connectivity index (χ4n) is 4.21. The molecule has 32 heavy (non-hydrogen) atoms. The summed E-state index contributed by atoms with van der Waals surface area (Å²) in [5, 5.41) is 5.41. The van der Waals surface area contributed by atoms with Crippen molar-refractivity contribution in [3.63, 3.8) is 0 Å². The molecule has 2 atom stereocenters. The summed E-state index contributed by atoms with van der Waals surface area (Å²) >= 11 is 7.82. The fraction of sp³-hybridized carbons (Fsp3) is 0.280. The van der Waals surface area contributed by atoms with Crippen molar-refractivity contribution in [2.75, 3.05) is 19.0 Å². The zero-order valence-corrected chi connectivity index (χ0v) is 19.7. The first kappa shape index (κ1) is 22.4. The van der Waals surface area contributed by atoms with Gasteiger partial charge >= 0.3 is 0 Å². The fourth-order valence-corrected chi connectivity index (χ4v) is 5.34. The molecule has 1 N–H and O–H groups in total. The van der Waals surface area contributed by atoms with Gasteiger partial charge in [-0.3, -0.25) is 9.59 Å². The molecule has 2 amide bonds. The number of amides is 2. The second kappa shape index (κ2) is 9.35. The molecule has 0 unspecified atom stereocenters. The molecule has 4 rings (SSSR count). The quantitative estimate of drug-likeness (QED) is 0.483. The molecule has 0 fully saturated rings. The molecule has 3 aromatic rings. The molecular weight excluding hydrogens is 444 g/mol. The van der Waals surface area contributed by atoms with Crippen molar-refractivity contribution in [3.8, 4) is 5.75 Å². The smallest absolute Gasteiger partial charge is 0.254 e. The van der Waals surface area contributed by atoms with Gasteiger partial charge < -0.3 is 15.0 Å². The van der Waals surface area contributed by atoms with Crippen LogP contribution < -0.4 is 10.1 Å². The third-order valence-electron chi connectivity index (χ3n) is 5.54. The molecule has 2 heterocycles. The van der Waals surface area contributed by atoms with E-state index in [4.69, 9.17) is 16.3 Å². The lowest BCUT2D eigenvalue weighted by molar-refractivity contribution is -0.119. The van der Waals surface area contributed by atoms with Gasteiger partial charge in [0.25, 0.3) is 5.91 Å². The first-order valence-electron chi connectivity index (χ1n) is 10.5. The number of halogens is 1. The summed E-state index contributed by atoms with van der Waals surface area (Å²) in [5.41, 5.74) is 1.90. The molecule has 1 aliphatic rings. The van der Waals surface area contributed by atoms with Crippen LogP contribution in [-0.4, -0.2) is 30.4 Å². The summed E-state index contributed by atoms with van der Waals surface area (Å²) in [5.74, 6) is 0.0263. The monoisotopic (exact) mass is 468 g/mol. The van der Waals surface area contributed by atoms with Crippen LogP contribution in [0, 0.1) is 5.92 Å². The summed E-state index contributed by atoms with van der Waals surface area (Å²) in [6.45, 7) is 4.72. The molecular formula is C25H25ClN2O3S. The largest absolute Gasteiger partial charge is 0.495 e. The highest BCUT2D eigenvalue weighted by Gasteiger charge is 2.44. The van der Waals surface area contributed by atoms with Crippen molar-refractivity contribution < 1.29 is 14.3 Å². The van der Waals surface area contributed by atoms with Crippen LogP contribution in [0.1, 0.15) is 46.6 Å². The van der Waals surface area contributed by atoms with Gasteiger partial charge in [0.1, 0.15) is 5.75 Å². The second-order valence-electron chi connectivity index (χ2n) is 8.22. The number of hydrogen-bond donors (Lipinski definition) is 1. The van der Waals surface area contributed by atoms with Crippen molar-refractivity contribution in [2.24, 2.45) is 5.92 Å². The number of thiophene rings is 1. The highest BCUT2D eigenvalue weighted by atomic mass is 35.5. The zero-order valence-electron chi connectivity index (χ0n) is 18.2. The molecule has 166 valence electrons. The molecule has 0 bridgehead atoms. The molecule has 0 radical (unpaired) electrons. The molecule has 1 aromatic heterocycles. The predicted molar refractivity (Wildman–Crippen MR) is 129 cm³/mol. The number of fused-ring (bicyclic) bond motifs is 1. The first-order chi connectivity index (χ1) is 15.4. The number of carbonyl (C=O) groups excluding carboxylic acids is 2. The van der Waals surface area contributed by atoms with Gasteiger partial charge in [0.15, 0.2) is 0 Å². The molecule has 0 saturated heterocycles. The van der Waals surface area contributed by atoms with E-state index in [9.17, 15) is 9.59 Å². The Morgan fingerprint density at radius 1 is 1.19 bits per heavy atom. The van der Waals surface area contributed by atoms with E-state index >= 15 is 0 Å². The molecule has 0 aliphatic carbocycles. The number of anilines is 1. The van der Waals surface area contributed by atoms with Crippen molar-refractivity contribution >= 4 is 40.4 Å². The van der Waals surface area contributed by atoms with Gasteiger partial charge in [-0.1, -0.05) is 49.7 Å². The van der Waals surface area contributed by atoms with Crippen LogP contribution in [0.3, 0.4) is 0 Å². The maximum Gasteiger partial charge on any atom is 0.254 e. The summed E-state index contributed by atoms with van der Waals surface area (Å²) in [6.07, 6.45) is 0. The van der Waals surface area contributed by atoms with Gasteiger partial charge in [0.05, 0.1) is 24.1 Å². The highest BCUT2D eigenvalue weighted by molar-refractivity contribution is 7.10. The summed E-state index contributed by atoms with van der Waals surface area (Å²) in [7, 11) is 1.55. The topological polar surface area (TPSA) is 58.6 Å². The normalized spacial score (nSPS) is 17.9. The van der Waals surface area contributed by atoms with E-state index < -0.39 is 5.92 Å². The summed E-state index contributed by atoms with van der Waals surface area (Å²) < 4.78 is 5.21. The van der Waals surface area contributed by atoms with Crippen LogP contribution in [0.15, 0.2) is 60.0 Å². The molecule has 0 spiro atoms. The molecule has 0 saturated carbocycles. The number of ether oxygens (including phenoxy) is 1. The van der Waals surface area contributed by atoms with E-state index in [1.54, 1.807) is 42.7 Å². The molecule has 1 aliphatic heterocycles. The maximum atomic E-state index is 13.7. The highest BCUT2D eigenvalue weighted by Crippen LogP contribution is 2.45. The van der Waals surface area contributed by atoms with E-state index in [0.29, 0.717) is 28.6 Å². The van der Waals surface area contributed by atoms with E-state index in [1.807, 2.05) is 40.6 Å². The van der Waals surface area contributed by atoms with Gasteiger partial charge in [-0.25, -0.2) is 0 Å². The number of carbonyl (C=O) groups is 2. The lowest BCUT2D eigenvalue weighted by Gasteiger charge is -2.42. The van der Waals surface area contributed by atoms with Gasteiger partial charge in [-0.15, -0.1) is 11.3 Å². The van der Waals surface area contributed by atoms with Crippen molar-refractivity contribution in [1.82, 2.24) is 4.90 Å². The first-order valence-corrected chi connectivity index (χ1v) is 11.7. The van der Waals surface area contributed by atoms with E-state index in [0.717, 1.165) is 10.4 Å². The van der Waals surface area contributed by atoms with Crippen molar-refractivity contribution in [2.45, 2.75) is 25.8 Å². The van der Waals surface area contributed by atoms with E-state index in [2.05, 4.69) is 19.2 Å². The average Bonchev–Trinajstić information content (AvgIpc) is 3.30. The third-order valence-corrected chi connectivity index (χ3v) is 6.78. The lowest BCUT2D eigenvalue weighted by atomic mass is 9.81. The SMILES string of the molecule is COc1ccc(NC(=O)[C@@H]2c3ccccc3C(=O)N(CC(C)C)[C@H]2c2cccs2)cc1Cl. The summed E-state index contributed by atoms with van der Waals surface area (Å²) in [6, 6.07) is 16.1. The number of rotatable bonds is 6. The van der Waals surface area contributed by atoms with Crippen LogP contribution >= 0.6 is 22.9 Å². The lowest BCUT2D eigenvalue weighted by Crippen LogP contribution is -2.47. The number of benzene rings is 2. The Kier molecular flexibility index (Phi) is 6.53. The van der Waals surface area contributed by atoms with E-state index in [1.165, 1.54) is 0 Å². The Morgan fingerprint density at radius 3 is 2.62 bits per heavy atom. The van der Waals surface area contributed by atoms with Crippen LogP contribution in [0.4, 0.5) is 5.69 Å². The van der Waals surface area contributed by atoms with E-state index in [-0.39, 0.29) is 23.8 Å². The minimum atomic E-state index is -0.554. The minimum absolute atomic E-state index is 0.0377. The maximum absolute atomic E-state index is 13.7. The Labute approximate surface area is 197 Å². The van der Waals surface area contributed by atoms with Crippen LogP contribution in [0.2, 0.25) is 5.02 Å². The Bertz CT molecular complexity index is 1130. The zero-order chi connectivity index (χ0) is 22.8. The molecule has 2 aromatic carbocycles. The van der Waals surface area contributed by atoms with Gasteiger partial charge in [-0.05, 0) is 47.2 Å². The molecule has 5 nitrogen and oxygen atoms in total. The van der Waals surface area contributed by atoms with Gasteiger partial charge in [-0.2, -0.15) is 0 Å². The Morgan fingerprint density at radius 2 is 1.97 bits per heavy atom. The Hall–Kier alpha value is -2.83. The summed E-state index contributed by atoms with van der Waals surface area (Å²) in [4.78, 5) is 30.0. The number of hydrogen-bond acceptors (Lipinski definition) is 4. The van der Waals surface area contributed by atoms with Gasteiger partial charge in [0.2, 0.25) is 5.91 Å². The second-order valence-corrected chi connectivity index (χ2v) is 9.60. The number of methoxy groups -OCH3 is 1. The average molecular weight is 469 g/mol.